The van der Waals surface area contributed by atoms with Crippen molar-refractivity contribution in [3.63, 3.8) is 0 Å². The normalized spacial score (nSPS) is 16.1. The minimum atomic E-state index is -3.52. The number of benzene rings is 2. The molecule has 2 aromatic carbocycles. The minimum absolute atomic E-state index is 0.213. The number of carbonyl (C=O) groups excluding carboxylic acids is 1. The molecule has 0 aliphatic carbocycles. The molecule has 1 aromatic heterocycles. The van der Waals surface area contributed by atoms with Gasteiger partial charge in [-0.1, -0.05) is 36.0 Å². The Morgan fingerprint density at radius 2 is 1.77 bits per heavy atom. The van der Waals surface area contributed by atoms with Gasteiger partial charge in [0.15, 0.2) is 4.80 Å². The van der Waals surface area contributed by atoms with Crippen molar-refractivity contribution in [2.24, 2.45) is 4.99 Å². The number of sulfonamides is 1. The summed E-state index contributed by atoms with van der Waals surface area (Å²) in [6.45, 7) is 5.43. The first kappa shape index (κ1) is 20.7. The van der Waals surface area contributed by atoms with E-state index in [1.165, 1.54) is 39.9 Å². The van der Waals surface area contributed by atoms with Crippen LogP contribution in [-0.2, 0) is 16.6 Å². The van der Waals surface area contributed by atoms with Gasteiger partial charge in [0.25, 0.3) is 5.91 Å². The molecular weight excluding hydrogens is 418 g/mol. The SMILES string of the molecule is C=CCn1c(=NC(=O)c2ccc(S(=O)(=O)N3CCCCC3)cc2)sc2ccccc21. The van der Waals surface area contributed by atoms with Crippen LogP contribution >= 0.6 is 11.3 Å². The first-order valence-corrected chi connectivity index (χ1v) is 12.1. The second-order valence-corrected chi connectivity index (χ2v) is 10.1. The van der Waals surface area contributed by atoms with Gasteiger partial charge < -0.3 is 4.57 Å². The van der Waals surface area contributed by atoms with Crippen molar-refractivity contribution in [1.82, 2.24) is 8.87 Å². The largest absolute Gasteiger partial charge is 0.312 e. The first-order valence-electron chi connectivity index (χ1n) is 9.89. The number of piperidine rings is 1. The van der Waals surface area contributed by atoms with Crippen LogP contribution in [0, 0.1) is 0 Å². The standard InChI is InChI=1S/C22H23N3O3S2/c1-2-14-25-19-8-4-5-9-20(19)29-22(25)23-21(26)17-10-12-18(13-11-17)30(27,28)24-15-6-3-7-16-24/h2,4-5,8-13H,1,3,6-7,14-16H2. The zero-order valence-corrected chi connectivity index (χ0v) is 18.2. The number of amides is 1. The van der Waals surface area contributed by atoms with Gasteiger partial charge in [-0.2, -0.15) is 9.30 Å². The summed E-state index contributed by atoms with van der Waals surface area (Å²) in [5.41, 5.74) is 1.35. The van der Waals surface area contributed by atoms with Crippen molar-refractivity contribution < 1.29 is 13.2 Å². The van der Waals surface area contributed by atoms with E-state index in [0.29, 0.717) is 30.0 Å². The summed E-state index contributed by atoms with van der Waals surface area (Å²) in [5.74, 6) is -0.402. The number of aromatic nitrogens is 1. The molecule has 0 radical (unpaired) electrons. The molecule has 1 amide bonds. The lowest BCUT2D eigenvalue weighted by molar-refractivity contribution is 0.0998. The molecule has 3 aromatic rings. The molecule has 0 atom stereocenters. The van der Waals surface area contributed by atoms with E-state index in [0.717, 1.165) is 29.5 Å². The molecule has 0 bridgehead atoms. The van der Waals surface area contributed by atoms with Crippen LogP contribution in [0.4, 0.5) is 0 Å². The van der Waals surface area contributed by atoms with Crippen molar-refractivity contribution in [2.45, 2.75) is 30.7 Å². The molecule has 1 saturated heterocycles. The second-order valence-electron chi connectivity index (χ2n) is 7.16. The van der Waals surface area contributed by atoms with E-state index < -0.39 is 15.9 Å². The zero-order chi connectivity index (χ0) is 21.1. The van der Waals surface area contributed by atoms with Gasteiger partial charge >= 0.3 is 0 Å². The molecule has 156 valence electrons. The highest BCUT2D eigenvalue weighted by molar-refractivity contribution is 7.89. The van der Waals surface area contributed by atoms with Crippen LogP contribution in [0.2, 0.25) is 0 Å². The average Bonchev–Trinajstić information content (AvgIpc) is 3.12. The highest BCUT2D eigenvalue weighted by atomic mass is 32.2. The lowest BCUT2D eigenvalue weighted by Gasteiger charge is -2.25. The summed E-state index contributed by atoms with van der Waals surface area (Å²) in [6.07, 6.45) is 4.59. The average molecular weight is 442 g/mol. The van der Waals surface area contributed by atoms with E-state index >= 15 is 0 Å². The fourth-order valence-electron chi connectivity index (χ4n) is 3.59. The van der Waals surface area contributed by atoms with Crippen molar-refractivity contribution in [3.05, 3.63) is 71.6 Å². The van der Waals surface area contributed by atoms with Crippen LogP contribution in [0.3, 0.4) is 0 Å². The monoisotopic (exact) mass is 441 g/mol. The van der Waals surface area contributed by atoms with Crippen molar-refractivity contribution in [1.29, 1.82) is 0 Å². The van der Waals surface area contributed by atoms with Gasteiger partial charge in [0, 0.05) is 25.2 Å². The number of fused-ring (bicyclic) bond motifs is 1. The van der Waals surface area contributed by atoms with E-state index in [9.17, 15) is 13.2 Å². The van der Waals surface area contributed by atoms with Crippen LogP contribution < -0.4 is 4.80 Å². The Morgan fingerprint density at radius 3 is 2.47 bits per heavy atom. The minimum Gasteiger partial charge on any atom is -0.312 e. The third kappa shape index (κ3) is 4.03. The van der Waals surface area contributed by atoms with E-state index in [4.69, 9.17) is 0 Å². The fraction of sp³-hybridized carbons (Fsp3) is 0.273. The zero-order valence-electron chi connectivity index (χ0n) is 16.5. The number of carbonyl (C=O) groups is 1. The number of thiazole rings is 1. The third-order valence-electron chi connectivity index (χ3n) is 5.15. The molecule has 1 aliphatic rings. The maximum absolute atomic E-state index is 12.8. The third-order valence-corrected chi connectivity index (χ3v) is 8.12. The van der Waals surface area contributed by atoms with Gasteiger partial charge in [0.2, 0.25) is 10.0 Å². The van der Waals surface area contributed by atoms with E-state index in [-0.39, 0.29) is 4.90 Å². The van der Waals surface area contributed by atoms with Crippen LogP contribution in [0.25, 0.3) is 10.2 Å². The van der Waals surface area contributed by atoms with Gasteiger partial charge in [-0.3, -0.25) is 4.79 Å². The Morgan fingerprint density at radius 1 is 1.07 bits per heavy atom. The Bertz CT molecular complexity index is 1250. The summed E-state index contributed by atoms with van der Waals surface area (Å²) < 4.78 is 30.1. The molecule has 0 N–H and O–H groups in total. The quantitative estimate of drug-likeness (QED) is 0.566. The summed E-state index contributed by atoms with van der Waals surface area (Å²) in [6, 6.07) is 13.9. The van der Waals surface area contributed by atoms with E-state index in [1.807, 2.05) is 28.8 Å². The summed E-state index contributed by atoms with van der Waals surface area (Å²) in [5, 5.41) is 0. The molecule has 0 unspecified atom stereocenters. The van der Waals surface area contributed by atoms with E-state index in [1.54, 1.807) is 6.08 Å². The predicted molar refractivity (Wildman–Crippen MR) is 119 cm³/mol. The molecule has 1 aliphatic heterocycles. The number of para-hydroxylation sites is 1. The lowest BCUT2D eigenvalue weighted by Crippen LogP contribution is -2.35. The topological polar surface area (TPSA) is 71.7 Å². The Labute approximate surface area is 179 Å². The van der Waals surface area contributed by atoms with E-state index in [2.05, 4.69) is 11.6 Å². The number of rotatable bonds is 5. The molecule has 6 nitrogen and oxygen atoms in total. The highest BCUT2D eigenvalue weighted by Crippen LogP contribution is 2.21. The molecule has 1 fully saturated rings. The summed E-state index contributed by atoms with van der Waals surface area (Å²) in [4.78, 5) is 17.9. The van der Waals surface area contributed by atoms with Gasteiger partial charge in [0.1, 0.15) is 0 Å². The number of hydrogen-bond donors (Lipinski definition) is 0. The van der Waals surface area contributed by atoms with Crippen LogP contribution in [0.5, 0.6) is 0 Å². The number of nitrogens with zero attached hydrogens (tertiary/aromatic N) is 3. The van der Waals surface area contributed by atoms with Gasteiger partial charge in [-0.25, -0.2) is 8.42 Å². The molecule has 8 heteroatoms. The van der Waals surface area contributed by atoms with Crippen molar-refractivity contribution in [2.75, 3.05) is 13.1 Å². The molecule has 4 rings (SSSR count). The van der Waals surface area contributed by atoms with Crippen LogP contribution in [0.1, 0.15) is 29.6 Å². The van der Waals surface area contributed by atoms with Crippen LogP contribution in [0.15, 0.2) is 71.1 Å². The number of allylic oxidation sites excluding steroid dienone is 1. The molecule has 0 spiro atoms. The molecule has 0 saturated carbocycles. The molecule has 2 heterocycles. The Balaban J connectivity index is 1.64. The molecular formula is C22H23N3O3S2. The first-order chi connectivity index (χ1) is 14.5. The smallest absolute Gasteiger partial charge is 0.279 e. The summed E-state index contributed by atoms with van der Waals surface area (Å²) >= 11 is 1.44. The second kappa shape index (κ2) is 8.67. The van der Waals surface area contributed by atoms with Gasteiger partial charge in [0.05, 0.1) is 15.1 Å². The van der Waals surface area contributed by atoms with Gasteiger partial charge in [-0.15, -0.1) is 6.58 Å². The van der Waals surface area contributed by atoms with Crippen LogP contribution in [-0.4, -0.2) is 36.3 Å². The Kier molecular flexibility index (Phi) is 5.99. The summed E-state index contributed by atoms with van der Waals surface area (Å²) in [7, 11) is -3.52. The fourth-order valence-corrected chi connectivity index (χ4v) is 6.14. The van der Waals surface area contributed by atoms with Crippen molar-refractivity contribution in [3.8, 4) is 0 Å². The maximum Gasteiger partial charge on any atom is 0.279 e. The lowest BCUT2D eigenvalue weighted by atomic mass is 10.2. The maximum atomic E-state index is 12.8. The molecule has 30 heavy (non-hydrogen) atoms. The predicted octanol–water partition coefficient (Wildman–Crippen LogP) is 3.80. The Hall–Kier alpha value is -2.55. The van der Waals surface area contributed by atoms with Crippen molar-refractivity contribution >= 4 is 37.5 Å². The number of hydrogen-bond acceptors (Lipinski definition) is 4. The van der Waals surface area contributed by atoms with Gasteiger partial charge in [-0.05, 0) is 49.2 Å². The highest BCUT2D eigenvalue weighted by Gasteiger charge is 2.25.